The number of carbonyl (C=O) groups is 1. The Morgan fingerprint density at radius 1 is 1.43 bits per heavy atom. The molecule has 0 aliphatic rings. The van der Waals surface area contributed by atoms with Crippen LogP contribution in [0.3, 0.4) is 0 Å². The molecule has 0 fully saturated rings. The van der Waals surface area contributed by atoms with Gasteiger partial charge in [-0.05, 0) is 6.07 Å². The zero-order valence-corrected chi connectivity index (χ0v) is 6.59. The summed E-state index contributed by atoms with van der Waals surface area (Å²) in [6.07, 6.45) is -3.67. The first-order valence-electron chi connectivity index (χ1n) is 3.36. The van der Waals surface area contributed by atoms with Gasteiger partial charge in [0.15, 0.2) is 12.0 Å². The molecule has 0 bridgehead atoms. The first-order valence-corrected chi connectivity index (χ1v) is 3.36. The predicted octanol–water partition coefficient (Wildman–Crippen LogP) is 1.09. The lowest BCUT2D eigenvalue weighted by atomic mass is 10.3. The van der Waals surface area contributed by atoms with Crippen molar-refractivity contribution in [3.05, 3.63) is 28.2 Å². The second-order valence-corrected chi connectivity index (χ2v) is 2.29. The molecule has 1 aromatic rings. The largest absolute Gasteiger partial charge is 0.573 e. The predicted molar refractivity (Wildman–Crippen MR) is 39.1 cm³/mol. The first-order chi connectivity index (χ1) is 6.42. The fraction of sp³-hybridized carbons (Fsp3) is 0.143. The van der Waals surface area contributed by atoms with Crippen LogP contribution in [0.25, 0.3) is 0 Å². The maximum atomic E-state index is 11.7. The van der Waals surface area contributed by atoms with E-state index in [1.165, 1.54) is 0 Å². The summed E-state index contributed by atoms with van der Waals surface area (Å²) in [6, 6.07) is 0.708. The maximum absolute atomic E-state index is 11.7. The Kier molecular flexibility index (Phi) is 2.59. The Hall–Kier alpha value is -1.79. The third kappa shape index (κ3) is 2.61. The molecule has 0 aliphatic carbocycles. The van der Waals surface area contributed by atoms with Crippen LogP contribution in [0.15, 0.2) is 17.1 Å². The zero-order chi connectivity index (χ0) is 10.8. The van der Waals surface area contributed by atoms with Crippen LogP contribution >= 0.6 is 0 Å². The van der Waals surface area contributed by atoms with Crippen LogP contribution in [0.5, 0.6) is 5.75 Å². The van der Waals surface area contributed by atoms with Crippen molar-refractivity contribution in [1.82, 2.24) is 4.98 Å². The van der Waals surface area contributed by atoms with E-state index < -0.39 is 17.7 Å². The van der Waals surface area contributed by atoms with Gasteiger partial charge in [0.25, 0.3) is 5.56 Å². The highest BCUT2D eigenvalue weighted by molar-refractivity contribution is 5.74. The summed E-state index contributed by atoms with van der Waals surface area (Å²) in [4.78, 5) is 22.9. The van der Waals surface area contributed by atoms with E-state index in [0.29, 0.717) is 12.4 Å². The van der Waals surface area contributed by atoms with Crippen molar-refractivity contribution in [3.8, 4) is 5.75 Å². The number of alkyl halides is 3. The van der Waals surface area contributed by atoms with Gasteiger partial charge >= 0.3 is 6.36 Å². The van der Waals surface area contributed by atoms with Gasteiger partial charge in [-0.15, -0.1) is 13.2 Å². The highest BCUT2D eigenvalue weighted by Crippen LogP contribution is 2.19. The minimum atomic E-state index is -4.95. The highest BCUT2D eigenvalue weighted by atomic mass is 19.4. The molecule has 14 heavy (non-hydrogen) atoms. The lowest BCUT2D eigenvalue weighted by Gasteiger charge is -2.07. The van der Waals surface area contributed by atoms with E-state index in [0.717, 1.165) is 6.20 Å². The second-order valence-electron chi connectivity index (χ2n) is 2.29. The normalized spacial score (nSPS) is 11.1. The number of aromatic nitrogens is 1. The Morgan fingerprint density at radius 3 is 2.57 bits per heavy atom. The van der Waals surface area contributed by atoms with Gasteiger partial charge in [0.2, 0.25) is 0 Å². The van der Waals surface area contributed by atoms with Gasteiger partial charge in [-0.1, -0.05) is 0 Å². The van der Waals surface area contributed by atoms with E-state index in [1.807, 2.05) is 4.98 Å². The Bertz CT molecular complexity index is 396. The van der Waals surface area contributed by atoms with Gasteiger partial charge < -0.3 is 9.72 Å². The summed E-state index contributed by atoms with van der Waals surface area (Å²) in [5.74, 6) is -0.956. The quantitative estimate of drug-likeness (QED) is 0.738. The summed E-state index contributed by atoms with van der Waals surface area (Å²) in [5, 5.41) is 0. The summed E-state index contributed by atoms with van der Waals surface area (Å²) < 4.78 is 38.5. The number of rotatable bonds is 2. The zero-order valence-electron chi connectivity index (χ0n) is 6.59. The van der Waals surface area contributed by atoms with Crippen molar-refractivity contribution in [2.45, 2.75) is 6.36 Å². The number of ether oxygens (including phenoxy) is 1. The van der Waals surface area contributed by atoms with Crippen LogP contribution in [-0.2, 0) is 0 Å². The van der Waals surface area contributed by atoms with E-state index in [1.54, 1.807) is 0 Å². The number of hydrogen-bond donors (Lipinski definition) is 1. The van der Waals surface area contributed by atoms with Crippen LogP contribution in [0.2, 0.25) is 0 Å². The lowest BCUT2D eigenvalue weighted by molar-refractivity contribution is -0.275. The molecule has 0 saturated heterocycles. The molecule has 0 aromatic carbocycles. The van der Waals surface area contributed by atoms with Gasteiger partial charge in [0, 0.05) is 11.8 Å². The minimum Gasteiger partial charge on any atom is -0.400 e. The topological polar surface area (TPSA) is 59.2 Å². The van der Waals surface area contributed by atoms with Crippen LogP contribution in [0, 0.1) is 0 Å². The monoisotopic (exact) mass is 207 g/mol. The lowest BCUT2D eigenvalue weighted by Crippen LogP contribution is -2.22. The molecular weight excluding hydrogens is 203 g/mol. The molecule has 1 N–H and O–H groups in total. The fourth-order valence-electron chi connectivity index (χ4n) is 0.747. The van der Waals surface area contributed by atoms with Crippen LogP contribution in [0.1, 0.15) is 10.4 Å². The van der Waals surface area contributed by atoms with Crippen LogP contribution in [-0.4, -0.2) is 17.6 Å². The van der Waals surface area contributed by atoms with Crippen molar-refractivity contribution in [1.29, 1.82) is 0 Å². The number of halogens is 3. The summed E-state index contributed by atoms with van der Waals surface area (Å²) in [6.45, 7) is 0. The molecule has 1 heterocycles. The molecule has 0 saturated carbocycles. The van der Waals surface area contributed by atoms with Gasteiger partial charge in [-0.25, -0.2) is 0 Å². The molecule has 0 amide bonds. The minimum absolute atomic E-state index is 0.108. The number of hydrogen-bond acceptors (Lipinski definition) is 3. The molecule has 1 rings (SSSR count). The smallest absolute Gasteiger partial charge is 0.400 e. The van der Waals surface area contributed by atoms with Crippen molar-refractivity contribution >= 4 is 6.29 Å². The van der Waals surface area contributed by atoms with E-state index in [2.05, 4.69) is 4.74 Å². The van der Waals surface area contributed by atoms with E-state index in [4.69, 9.17) is 0 Å². The second kappa shape index (κ2) is 3.52. The van der Waals surface area contributed by atoms with E-state index in [-0.39, 0.29) is 5.56 Å². The van der Waals surface area contributed by atoms with Gasteiger partial charge in [0.05, 0.1) is 0 Å². The number of aldehydes is 1. The van der Waals surface area contributed by atoms with Gasteiger partial charge in [-0.3, -0.25) is 9.59 Å². The number of aromatic amines is 1. The molecule has 0 aliphatic heterocycles. The van der Waals surface area contributed by atoms with Crippen LogP contribution in [0.4, 0.5) is 13.2 Å². The molecule has 1 aromatic heterocycles. The molecule has 0 radical (unpaired) electrons. The van der Waals surface area contributed by atoms with E-state index in [9.17, 15) is 22.8 Å². The molecular formula is C7H4F3NO3. The number of nitrogens with one attached hydrogen (secondary N) is 1. The molecule has 4 nitrogen and oxygen atoms in total. The van der Waals surface area contributed by atoms with Crippen molar-refractivity contribution < 1.29 is 22.7 Å². The third-order valence-electron chi connectivity index (χ3n) is 1.25. The molecule has 0 unspecified atom stereocenters. The average Bonchev–Trinajstić information content (AvgIpc) is 2.06. The Labute approximate surface area is 75.3 Å². The summed E-state index contributed by atoms with van der Waals surface area (Å²) in [7, 11) is 0. The van der Waals surface area contributed by atoms with E-state index >= 15 is 0 Å². The first kappa shape index (κ1) is 10.3. The molecule has 76 valence electrons. The van der Waals surface area contributed by atoms with Crippen molar-refractivity contribution in [2.24, 2.45) is 0 Å². The average molecular weight is 207 g/mol. The Morgan fingerprint density at radius 2 is 2.07 bits per heavy atom. The fourth-order valence-corrected chi connectivity index (χ4v) is 0.747. The van der Waals surface area contributed by atoms with Crippen molar-refractivity contribution in [2.75, 3.05) is 0 Å². The third-order valence-corrected chi connectivity index (χ3v) is 1.25. The van der Waals surface area contributed by atoms with Crippen molar-refractivity contribution in [3.63, 3.8) is 0 Å². The van der Waals surface area contributed by atoms with Gasteiger partial charge in [-0.2, -0.15) is 0 Å². The molecule has 0 spiro atoms. The number of carbonyl (C=O) groups excluding carboxylic acids is 1. The van der Waals surface area contributed by atoms with Gasteiger partial charge in [0.1, 0.15) is 0 Å². The highest BCUT2D eigenvalue weighted by Gasteiger charge is 2.32. The maximum Gasteiger partial charge on any atom is 0.573 e. The number of H-pyrrole nitrogens is 1. The molecule has 7 heteroatoms. The standard InChI is InChI=1S/C7H4F3NO3/c8-7(9,10)14-5-1-4(3-12)2-11-6(5)13/h1-3H,(H,11,13). The summed E-state index contributed by atoms with van der Waals surface area (Å²) >= 11 is 0. The molecule has 0 atom stereocenters. The number of pyridine rings is 1. The summed E-state index contributed by atoms with van der Waals surface area (Å²) in [5.41, 5.74) is -1.16. The SMILES string of the molecule is O=Cc1c[nH]c(=O)c(OC(F)(F)F)c1. The Balaban J connectivity index is 3.07. The van der Waals surface area contributed by atoms with Crippen LogP contribution < -0.4 is 10.3 Å².